The number of benzene rings is 2. The summed E-state index contributed by atoms with van der Waals surface area (Å²) in [5, 5.41) is 0. The first-order chi connectivity index (χ1) is 9.22. The molecule has 1 N–H and O–H groups in total. The topological polar surface area (TPSA) is 12.0 Å². The fourth-order valence-corrected chi connectivity index (χ4v) is 1.60. The highest BCUT2D eigenvalue weighted by Crippen LogP contribution is 2.12. The van der Waals surface area contributed by atoms with Gasteiger partial charge in [-0.25, -0.2) is 4.39 Å². The monoisotopic (exact) mass is 279 g/mol. The Morgan fingerprint density at radius 1 is 0.947 bits per heavy atom. The molecule has 0 radical (unpaired) electrons. The first-order valence-electron chi connectivity index (χ1n) is 6.28. The van der Waals surface area contributed by atoms with E-state index in [4.69, 9.17) is 0 Å². The van der Waals surface area contributed by atoms with E-state index in [1.165, 1.54) is 23.4 Å². The van der Waals surface area contributed by atoms with Gasteiger partial charge in [-0.15, -0.1) is 0 Å². The Hall–Kier alpha value is -1.48. The summed E-state index contributed by atoms with van der Waals surface area (Å²) in [6.45, 7) is 6.09. The molecule has 19 heavy (non-hydrogen) atoms. The van der Waals surface area contributed by atoms with Crippen LogP contribution in [0.4, 0.5) is 10.1 Å². The van der Waals surface area contributed by atoms with E-state index in [0.29, 0.717) is 0 Å². The normalized spacial score (nSPS) is 8.47. The minimum atomic E-state index is -0.178. The molecule has 0 saturated carbocycles. The molecule has 0 aromatic heterocycles. The van der Waals surface area contributed by atoms with Crippen molar-refractivity contribution >= 4 is 17.6 Å². The Balaban J connectivity index is 0.000000316. The average molecular weight is 279 g/mol. The van der Waals surface area contributed by atoms with Gasteiger partial charge in [0.15, 0.2) is 0 Å². The Bertz CT molecular complexity index is 432. The summed E-state index contributed by atoms with van der Waals surface area (Å²) < 4.78 is 15.1. The predicted octanol–water partition coefficient (Wildman–Crippen LogP) is 5.54. The van der Waals surface area contributed by atoms with Crippen LogP contribution in [0.15, 0.2) is 54.6 Å². The maximum absolute atomic E-state index is 11.9. The van der Waals surface area contributed by atoms with Gasteiger partial charge in [-0.3, -0.25) is 0 Å². The highest BCUT2D eigenvalue weighted by Gasteiger charge is 1.87. The molecule has 0 fully saturated rings. The van der Waals surface area contributed by atoms with Crippen LogP contribution in [0, 0.1) is 12.7 Å². The van der Waals surface area contributed by atoms with Crippen LogP contribution in [0.25, 0.3) is 0 Å². The zero-order valence-electron chi connectivity index (χ0n) is 12.0. The minimum absolute atomic E-state index is 0.178. The molecule has 0 atom stereocenters. The summed E-state index contributed by atoms with van der Waals surface area (Å²) in [4.78, 5) is 0. The van der Waals surface area contributed by atoms with E-state index >= 15 is 0 Å². The fourth-order valence-electron chi connectivity index (χ4n) is 1.24. The summed E-state index contributed by atoms with van der Waals surface area (Å²) in [6.07, 6.45) is 2.02. The Morgan fingerprint density at radius 2 is 1.58 bits per heavy atom. The number of aryl methyl sites for hydroxylation is 1. The zero-order chi connectivity index (χ0) is 14.5. The second-order valence-corrected chi connectivity index (χ2v) is 4.08. The molecular weight excluding hydrogens is 257 g/mol. The lowest BCUT2D eigenvalue weighted by Gasteiger charge is -2.01. The van der Waals surface area contributed by atoms with Crippen LogP contribution in [0.5, 0.6) is 0 Å². The highest BCUT2D eigenvalue weighted by atomic mass is 32.2. The quantitative estimate of drug-likeness (QED) is 0.725. The van der Waals surface area contributed by atoms with E-state index in [1.54, 1.807) is 30.1 Å². The number of hydrogen-bond donors (Lipinski definition) is 1. The molecule has 2 rings (SSSR count). The van der Waals surface area contributed by atoms with Crippen molar-refractivity contribution in [2.75, 3.05) is 11.0 Å². The molecule has 0 heterocycles. The molecule has 0 amide bonds. The molecule has 0 bridgehead atoms. The third-order valence-corrected chi connectivity index (χ3v) is 2.41. The van der Waals surface area contributed by atoms with Crippen molar-refractivity contribution in [3.05, 3.63) is 66.0 Å². The van der Waals surface area contributed by atoms with E-state index in [9.17, 15) is 4.39 Å². The number of hydrogen-bond acceptors (Lipinski definition) is 2. The molecular formula is C16H22FNS. The minimum Gasteiger partial charge on any atom is -0.330 e. The molecule has 2 aromatic rings. The van der Waals surface area contributed by atoms with Crippen LogP contribution in [-0.4, -0.2) is 6.26 Å². The van der Waals surface area contributed by atoms with Gasteiger partial charge >= 0.3 is 0 Å². The lowest BCUT2D eigenvalue weighted by Crippen LogP contribution is -1.83. The average Bonchev–Trinajstić information content (AvgIpc) is 2.43. The van der Waals surface area contributed by atoms with E-state index in [0.717, 1.165) is 0 Å². The van der Waals surface area contributed by atoms with Crippen LogP contribution in [0.2, 0.25) is 0 Å². The van der Waals surface area contributed by atoms with E-state index in [1.807, 2.05) is 26.2 Å². The van der Waals surface area contributed by atoms with Gasteiger partial charge in [0.1, 0.15) is 5.82 Å². The van der Waals surface area contributed by atoms with Crippen LogP contribution < -0.4 is 4.72 Å². The predicted molar refractivity (Wildman–Crippen MR) is 86.1 cm³/mol. The number of halogens is 1. The maximum Gasteiger partial charge on any atom is 0.123 e. The molecule has 2 aromatic carbocycles. The largest absolute Gasteiger partial charge is 0.330 e. The number of nitrogens with one attached hydrogen (secondary N) is 1. The van der Waals surface area contributed by atoms with Crippen LogP contribution >= 0.6 is 11.9 Å². The first kappa shape index (κ1) is 17.5. The molecule has 0 aliphatic heterocycles. The first-order valence-corrected chi connectivity index (χ1v) is 7.51. The highest BCUT2D eigenvalue weighted by molar-refractivity contribution is 7.99. The van der Waals surface area contributed by atoms with Crippen molar-refractivity contribution < 1.29 is 4.39 Å². The second-order valence-electron chi connectivity index (χ2n) is 3.47. The zero-order valence-corrected chi connectivity index (χ0v) is 12.8. The summed E-state index contributed by atoms with van der Waals surface area (Å²) in [7, 11) is 0. The number of anilines is 1. The van der Waals surface area contributed by atoms with Crippen molar-refractivity contribution in [2.45, 2.75) is 20.8 Å². The van der Waals surface area contributed by atoms with Crippen molar-refractivity contribution in [3.63, 3.8) is 0 Å². The molecule has 0 unspecified atom stereocenters. The molecule has 3 heteroatoms. The third kappa shape index (κ3) is 9.14. The van der Waals surface area contributed by atoms with Gasteiger partial charge < -0.3 is 4.72 Å². The van der Waals surface area contributed by atoms with E-state index < -0.39 is 0 Å². The van der Waals surface area contributed by atoms with Crippen molar-refractivity contribution in [2.24, 2.45) is 0 Å². The van der Waals surface area contributed by atoms with Gasteiger partial charge in [-0.05, 0) is 36.8 Å². The van der Waals surface area contributed by atoms with Crippen molar-refractivity contribution in [3.8, 4) is 0 Å². The van der Waals surface area contributed by atoms with Gasteiger partial charge in [-0.1, -0.05) is 56.1 Å². The molecule has 1 nitrogen and oxygen atoms in total. The Labute approximate surface area is 120 Å². The van der Waals surface area contributed by atoms with Gasteiger partial charge in [0.05, 0.1) is 0 Å². The molecule has 0 spiro atoms. The summed E-state index contributed by atoms with van der Waals surface area (Å²) in [6, 6.07) is 16.3. The van der Waals surface area contributed by atoms with Gasteiger partial charge in [0, 0.05) is 11.9 Å². The van der Waals surface area contributed by atoms with Crippen molar-refractivity contribution in [1.29, 1.82) is 0 Å². The summed E-state index contributed by atoms with van der Waals surface area (Å²) in [5.41, 5.74) is 2.46. The Kier molecular flexibility index (Phi) is 10.7. The van der Waals surface area contributed by atoms with Crippen LogP contribution in [0.1, 0.15) is 19.4 Å². The van der Waals surface area contributed by atoms with Gasteiger partial charge in [0.2, 0.25) is 0 Å². The van der Waals surface area contributed by atoms with Gasteiger partial charge in [-0.2, -0.15) is 0 Å². The molecule has 0 aliphatic carbocycles. The SMILES string of the molecule is CC.CSNc1cccc(C)c1.Fc1ccccc1. The Morgan fingerprint density at radius 3 is 2.00 bits per heavy atom. The van der Waals surface area contributed by atoms with E-state index in [-0.39, 0.29) is 5.82 Å². The molecule has 104 valence electrons. The summed E-state index contributed by atoms with van der Waals surface area (Å²) in [5.74, 6) is -0.178. The third-order valence-electron chi connectivity index (χ3n) is 1.97. The number of rotatable bonds is 2. The molecule has 0 aliphatic rings. The second kappa shape index (κ2) is 11.6. The molecule has 0 saturated heterocycles. The fraction of sp³-hybridized carbons (Fsp3) is 0.250. The van der Waals surface area contributed by atoms with Crippen LogP contribution in [-0.2, 0) is 0 Å². The smallest absolute Gasteiger partial charge is 0.123 e. The van der Waals surface area contributed by atoms with Crippen LogP contribution in [0.3, 0.4) is 0 Å². The van der Waals surface area contributed by atoms with Crippen molar-refractivity contribution in [1.82, 2.24) is 0 Å². The van der Waals surface area contributed by atoms with E-state index in [2.05, 4.69) is 29.8 Å². The maximum atomic E-state index is 11.9. The van der Waals surface area contributed by atoms with Gasteiger partial charge in [0.25, 0.3) is 0 Å². The standard InChI is InChI=1S/C8H11NS.C6H5F.C2H6/c1-7-4-3-5-8(6-7)9-10-2;7-6-4-2-1-3-5-6;1-2/h3-6,9H,1-2H3;1-5H;1-2H3. The lowest BCUT2D eigenvalue weighted by atomic mass is 10.2. The summed E-state index contributed by atoms with van der Waals surface area (Å²) >= 11 is 1.61. The lowest BCUT2D eigenvalue weighted by molar-refractivity contribution is 0.628.